The Morgan fingerprint density at radius 1 is 1.44 bits per heavy atom. The Balaban J connectivity index is 2.05. The van der Waals surface area contributed by atoms with Crippen molar-refractivity contribution >= 4 is 0 Å². The van der Waals surface area contributed by atoms with Crippen LogP contribution in [0, 0.1) is 5.92 Å². The van der Waals surface area contributed by atoms with Gasteiger partial charge >= 0.3 is 0 Å². The third-order valence-corrected chi connectivity index (χ3v) is 2.47. The van der Waals surface area contributed by atoms with Crippen LogP contribution in [0.4, 0.5) is 0 Å². The number of rotatable bonds is 1. The van der Waals surface area contributed by atoms with E-state index in [2.05, 4.69) is 12.2 Å². The van der Waals surface area contributed by atoms with Gasteiger partial charge in [0.15, 0.2) is 0 Å². The van der Waals surface area contributed by atoms with Gasteiger partial charge in [0.1, 0.15) is 0 Å². The fraction of sp³-hybridized carbons (Fsp3) is 0.750. The lowest BCUT2D eigenvalue weighted by molar-refractivity contribution is 0.104. The number of aliphatic hydroxyl groups is 1. The number of hydrogen-bond donors (Lipinski definition) is 1. The lowest BCUT2D eigenvalue weighted by atomic mass is 10.0. The first kappa shape index (κ1) is 5.48. The fourth-order valence-electron chi connectivity index (χ4n) is 1.58. The van der Waals surface area contributed by atoms with Gasteiger partial charge in [0, 0.05) is 5.92 Å². The minimum atomic E-state index is -0.257. The molecule has 0 bridgehead atoms. The largest absolute Gasteiger partial charge is 0.389 e. The zero-order chi connectivity index (χ0) is 6.32. The summed E-state index contributed by atoms with van der Waals surface area (Å²) in [7, 11) is 0. The van der Waals surface area contributed by atoms with E-state index in [-0.39, 0.29) is 5.60 Å². The minimum absolute atomic E-state index is 0.257. The third kappa shape index (κ3) is 0.799. The van der Waals surface area contributed by atoms with Crippen LogP contribution in [-0.4, -0.2) is 10.7 Å². The van der Waals surface area contributed by atoms with Crippen molar-refractivity contribution in [1.82, 2.24) is 0 Å². The van der Waals surface area contributed by atoms with Gasteiger partial charge in [-0.1, -0.05) is 12.2 Å². The Morgan fingerprint density at radius 3 is 2.67 bits per heavy atom. The molecule has 0 saturated heterocycles. The maximum absolute atomic E-state index is 9.58. The van der Waals surface area contributed by atoms with E-state index in [0.29, 0.717) is 5.92 Å². The van der Waals surface area contributed by atoms with Gasteiger partial charge in [-0.25, -0.2) is 0 Å². The molecule has 2 rings (SSSR count). The summed E-state index contributed by atoms with van der Waals surface area (Å²) in [6, 6.07) is 0. The predicted octanol–water partition coefficient (Wildman–Crippen LogP) is 1.48. The van der Waals surface area contributed by atoms with Gasteiger partial charge in [-0.2, -0.15) is 0 Å². The highest BCUT2D eigenvalue weighted by atomic mass is 16.3. The van der Waals surface area contributed by atoms with Gasteiger partial charge in [-0.3, -0.25) is 0 Å². The summed E-state index contributed by atoms with van der Waals surface area (Å²) in [5.41, 5.74) is -0.257. The molecule has 0 aromatic rings. The average Bonchev–Trinajstić information content (AvgIpc) is 2.46. The van der Waals surface area contributed by atoms with E-state index < -0.39 is 0 Å². The minimum Gasteiger partial charge on any atom is -0.389 e. The standard InChI is InChI=1S/C8H12O/c9-8(5-6-8)7-3-1-2-4-7/h1,3,7,9H,2,4-6H2. The van der Waals surface area contributed by atoms with Crippen LogP contribution in [0.1, 0.15) is 25.7 Å². The third-order valence-electron chi connectivity index (χ3n) is 2.47. The second kappa shape index (κ2) is 1.60. The smallest absolute Gasteiger partial charge is 0.0712 e. The van der Waals surface area contributed by atoms with E-state index in [9.17, 15) is 5.11 Å². The molecule has 1 heteroatoms. The molecule has 1 saturated carbocycles. The van der Waals surface area contributed by atoms with Crippen molar-refractivity contribution in [2.75, 3.05) is 0 Å². The predicted molar refractivity (Wildman–Crippen MR) is 36.0 cm³/mol. The first-order chi connectivity index (χ1) is 4.31. The van der Waals surface area contributed by atoms with Crippen molar-refractivity contribution in [1.29, 1.82) is 0 Å². The van der Waals surface area contributed by atoms with E-state index in [4.69, 9.17) is 0 Å². The first-order valence-corrected chi connectivity index (χ1v) is 3.70. The van der Waals surface area contributed by atoms with Crippen LogP contribution in [-0.2, 0) is 0 Å². The molecule has 0 radical (unpaired) electrons. The van der Waals surface area contributed by atoms with Crippen molar-refractivity contribution in [3.63, 3.8) is 0 Å². The zero-order valence-corrected chi connectivity index (χ0v) is 5.51. The molecule has 0 aliphatic heterocycles. The maximum atomic E-state index is 9.58. The molecule has 2 aliphatic carbocycles. The van der Waals surface area contributed by atoms with E-state index in [1.807, 2.05) is 0 Å². The fourth-order valence-corrected chi connectivity index (χ4v) is 1.58. The van der Waals surface area contributed by atoms with Crippen LogP contribution in [0.3, 0.4) is 0 Å². The SMILES string of the molecule is OC1(C2C=CCC2)CC1. The summed E-state index contributed by atoms with van der Waals surface area (Å²) >= 11 is 0. The molecule has 1 N–H and O–H groups in total. The van der Waals surface area contributed by atoms with Gasteiger partial charge in [-0.15, -0.1) is 0 Å². The highest BCUT2D eigenvalue weighted by Crippen LogP contribution is 2.46. The van der Waals surface area contributed by atoms with Crippen LogP contribution in [0.2, 0.25) is 0 Å². The normalized spacial score (nSPS) is 37.2. The Labute approximate surface area is 55.4 Å². The summed E-state index contributed by atoms with van der Waals surface area (Å²) in [4.78, 5) is 0. The Morgan fingerprint density at radius 2 is 2.22 bits per heavy atom. The van der Waals surface area contributed by atoms with Crippen LogP contribution < -0.4 is 0 Å². The molecule has 9 heavy (non-hydrogen) atoms. The summed E-state index contributed by atoms with van der Waals surface area (Å²) in [5.74, 6) is 0.498. The second-order valence-corrected chi connectivity index (χ2v) is 3.22. The first-order valence-electron chi connectivity index (χ1n) is 3.70. The summed E-state index contributed by atoms with van der Waals surface area (Å²) in [6.45, 7) is 0. The Kier molecular flexibility index (Phi) is 0.974. The molecule has 1 fully saturated rings. The van der Waals surface area contributed by atoms with Gasteiger partial charge in [0.05, 0.1) is 5.60 Å². The van der Waals surface area contributed by atoms with E-state index in [1.165, 1.54) is 12.8 Å². The molecule has 1 atom stereocenters. The lowest BCUT2D eigenvalue weighted by Crippen LogP contribution is -2.17. The summed E-state index contributed by atoms with van der Waals surface area (Å²) in [6.07, 6.45) is 8.77. The molecule has 2 aliphatic rings. The van der Waals surface area contributed by atoms with Crippen LogP contribution in [0.5, 0.6) is 0 Å². The van der Waals surface area contributed by atoms with Crippen LogP contribution in [0.15, 0.2) is 12.2 Å². The number of hydrogen-bond acceptors (Lipinski definition) is 1. The summed E-state index contributed by atoms with van der Waals surface area (Å²) < 4.78 is 0. The van der Waals surface area contributed by atoms with Crippen LogP contribution >= 0.6 is 0 Å². The Bertz CT molecular complexity index is 145. The average molecular weight is 124 g/mol. The van der Waals surface area contributed by atoms with Crippen LogP contribution in [0.25, 0.3) is 0 Å². The molecular formula is C8H12O. The molecule has 0 amide bonds. The number of allylic oxidation sites excluding steroid dienone is 1. The molecule has 0 aromatic carbocycles. The maximum Gasteiger partial charge on any atom is 0.0712 e. The summed E-state index contributed by atoms with van der Waals surface area (Å²) in [5, 5.41) is 9.58. The second-order valence-electron chi connectivity index (χ2n) is 3.22. The van der Waals surface area contributed by atoms with E-state index in [0.717, 1.165) is 12.8 Å². The molecule has 0 heterocycles. The van der Waals surface area contributed by atoms with Crippen molar-refractivity contribution in [2.45, 2.75) is 31.3 Å². The van der Waals surface area contributed by atoms with E-state index in [1.54, 1.807) is 0 Å². The van der Waals surface area contributed by atoms with Crippen molar-refractivity contribution in [3.8, 4) is 0 Å². The van der Waals surface area contributed by atoms with Gasteiger partial charge < -0.3 is 5.11 Å². The van der Waals surface area contributed by atoms with Gasteiger partial charge in [0.25, 0.3) is 0 Å². The topological polar surface area (TPSA) is 20.2 Å². The van der Waals surface area contributed by atoms with Crippen molar-refractivity contribution in [2.24, 2.45) is 5.92 Å². The molecule has 0 spiro atoms. The van der Waals surface area contributed by atoms with Gasteiger partial charge in [-0.05, 0) is 25.7 Å². The highest BCUT2D eigenvalue weighted by Gasteiger charge is 2.46. The quantitative estimate of drug-likeness (QED) is 0.525. The highest BCUT2D eigenvalue weighted by molar-refractivity contribution is 5.11. The monoisotopic (exact) mass is 124 g/mol. The molecule has 0 aromatic heterocycles. The molecule has 50 valence electrons. The van der Waals surface area contributed by atoms with E-state index >= 15 is 0 Å². The Hall–Kier alpha value is -0.300. The molecule has 1 nitrogen and oxygen atoms in total. The van der Waals surface area contributed by atoms with Crippen molar-refractivity contribution < 1.29 is 5.11 Å². The van der Waals surface area contributed by atoms with Crippen molar-refractivity contribution in [3.05, 3.63) is 12.2 Å². The lowest BCUT2D eigenvalue weighted by Gasteiger charge is -2.13. The molecule has 1 unspecified atom stereocenters. The molecular weight excluding hydrogens is 112 g/mol. The zero-order valence-electron chi connectivity index (χ0n) is 5.51. The van der Waals surface area contributed by atoms with Gasteiger partial charge in [0.2, 0.25) is 0 Å².